The normalized spacial score (nSPS) is 13.9. The fraction of sp³-hybridized carbons (Fsp3) is 0.375. The molecular weight excluding hydrogens is 439 g/mol. The first kappa shape index (κ1) is 23.1. The molecule has 0 aliphatic carbocycles. The number of carbonyl (C=O) groups excluding carboxylic acids is 1. The third kappa shape index (κ3) is 5.14. The molecule has 1 aliphatic rings. The molecular formula is C24H27FN4O3Si. The van der Waals surface area contributed by atoms with E-state index in [9.17, 15) is 14.4 Å². The zero-order valence-electron chi connectivity index (χ0n) is 19.1. The summed E-state index contributed by atoms with van der Waals surface area (Å²) in [6, 6.07) is 9.25. The number of hydroxylamine groups is 2. The van der Waals surface area contributed by atoms with Gasteiger partial charge in [0.25, 0.3) is 5.91 Å². The van der Waals surface area contributed by atoms with Gasteiger partial charge in [-0.15, -0.1) is 0 Å². The first-order chi connectivity index (χ1) is 15.8. The monoisotopic (exact) mass is 466 g/mol. The molecule has 0 saturated carbocycles. The molecule has 3 heterocycles. The molecule has 1 aliphatic heterocycles. The molecule has 0 radical (unpaired) electrons. The van der Waals surface area contributed by atoms with Gasteiger partial charge in [0.2, 0.25) is 0 Å². The lowest BCUT2D eigenvalue weighted by atomic mass is 10.0. The number of fused-ring (bicyclic) bond motifs is 3. The highest BCUT2D eigenvalue weighted by Gasteiger charge is 2.29. The second-order valence-corrected chi connectivity index (χ2v) is 15.0. The van der Waals surface area contributed by atoms with Gasteiger partial charge in [-0.05, 0) is 41.8 Å². The molecule has 0 N–H and O–H groups in total. The maximum absolute atomic E-state index is 13.5. The van der Waals surface area contributed by atoms with Crippen LogP contribution in [0.25, 0.3) is 10.9 Å². The van der Waals surface area contributed by atoms with Gasteiger partial charge in [0.1, 0.15) is 11.5 Å². The zero-order valence-corrected chi connectivity index (χ0v) is 20.1. The highest BCUT2D eigenvalue weighted by atomic mass is 28.3. The highest BCUT2D eigenvalue weighted by molar-refractivity contribution is 6.76. The maximum atomic E-state index is 13.5. The number of pyridine rings is 1. The van der Waals surface area contributed by atoms with E-state index in [2.05, 4.69) is 24.6 Å². The Morgan fingerprint density at radius 1 is 1.27 bits per heavy atom. The second-order valence-electron chi connectivity index (χ2n) is 9.36. The topological polar surface area (TPSA) is 80.4 Å². The zero-order chi connectivity index (χ0) is 23.6. The van der Waals surface area contributed by atoms with Crippen LogP contribution >= 0.6 is 0 Å². The molecule has 0 bridgehead atoms. The third-order valence-electron chi connectivity index (χ3n) is 5.75. The molecule has 0 unspecified atom stereocenters. The minimum Gasteiger partial charge on any atom is -0.353 e. The van der Waals surface area contributed by atoms with Gasteiger partial charge in [0.15, 0.2) is 6.79 Å². The van der Waals surface area contributed by atoms with E-state index in [1.807, 2.05) is 22.9 Å². The molecule has 4 rings (SSSR count). The van der Waals surface area contributed by atoms with E-state index in [1.54, 1.807) is 12.3 Å². The lowest BCUT2D eigenvalue weighted by Gasteiger charge is -2.27. The number of ether oxygens (including phenoxy) is 1. The number of aromatic nitrogens is 2. The Morgan fingerprint density at radius 2 is 2.09 bits per heavy atom. The summed E-state index contributed by atoms with van der Waals surface area (Å²) in [6.07, 6.45) is 4.18. The summed E-state index contributed by atoms with van der Waals surface area (Å²) in [7, 11) is -1.17. The Bertz CT molecular complexity index is 1230. The van der Waals surface area contributed by atoms with Crippen LogP contribution in [-0.2, 0) is 22.5 Å². The van der Waals surface area contributed by atoms with Crippen molar-refractivity contribution in [3.05, 3.63) is 64.9 Å². The summed E-state index contributed by atoms with van der Waals surface area (Å²) in [5.74, 6) is -0.708. The fourth-order valence-corrected chi connectivity index (χ4v) is 4.62. The Morgan fingerprint density at radius 3 is 2.85 bits per heavy atom. The van der Waals surface area contributed by atoms with Crippen LogP contribution in [0.15, 0.2) is 36.7 Å². The quantitative estimate of drug-likeness (QED) is 0.280. The summed E-state index contributed by atoms with van der Waals surface area (Å²) < 4.78 is 21.0. The van der Waals surface area contributed by atoms with Crippen molar-refractivity contribution in [3.63, 3.8) is 0 Å². The minimum atomic E-state index is -1.17. The molecule has 2 aromatic heterocycles. The predicted molar refractivity (Wildman–Crippen MR) is 125 cm³/mol. The van der Waals surface area contributed by atoms with Crippen LogP contribution in [0.4, 0.5) is 4.39 Å². The number of halogens is 1. The minimum absolute atomic E-state index is 0.0447. The van der Waals surface area contributed by atoms with Gasteiger partial charge in [-0.25, -0.2) is 19.3 Å². The Labute approximate surface area is 193 Å². The van der Waals surface area contributed by atoms with Gasteiger partial charge in [-0.2, -0.15) is 5.26 Å². The number of benzene rings is 1. The number of carbonyl (C=O) groups is 1. The van der Waals surface area contributed by atoms with Crippen LogP contribution < -0.4 is 0 Å². The third-order valence-corrected chi connectivity index (χ3v) is 7.45. The molecule has 7 nitrogen and oxygen atoms in total. The van der Waals surface area contributed by atoms with Crippen LogP contribution in [-0.4, -0.2) is 48.5 Å². The van der Waals surface area contributed by atoms with Gasteiger partial charge in [-0.3, -0.25) is 4.79 Å². The van der Waals surface area contributed by atoms with Crippen molar-refractivity contribution in [2.45, 2.75) is 38.7 Å². The van der Waals surface area contributed by atoms with Crippen molar-refractivity contribution in [2.24, 2.45) is 0 Å². The molecule has 9 heteroatoms. The number of hydrogen-bond donors (Lipinski definition) is 0. The lowest BCUT2D eigenvalue weighted by Crippen LogP contribution is -2.39. The van der Waals surface area contributed by atoms with E-state index in [0.29, 0.717) is 37.4 Å². The van der Waals surface area contributed by atoms with Gasteiger partial charge < -0.3 is 9.30 Å². The summed E-state index contributed by atoms with van der Waals surface area (Å²) in [5, 5.41) is 11.6. The van der Waals surface area contributed by atoms with E-state index >= 15 is 0 Å². The highest BCUT2D eigenvalue weighted by Crippen LogP contribution is 2.28. The van der Waals surface area contributed by atoms with Crippen molar-refractivity contribution < 1.29 is 18.8 Å². The SMILES string of the molecule is C[Si](C)(C)CCOCON1CCc2c(ncc3c2ccn3Cc2ccc(F)cc2C#N)C1=O. The van der Waals surface area contributed by atoms with Gasteiger partial charge in [0.05, 0.1) is 29.9 Å². The molecule has 0 spiro atoms. The van der Waals surface area contributed by atoms with Gasteiger partial charge >= 0.3 is 0 Å². The van der Waals surface area contributed by atoms with E-state index in [4.69, 9.17) is 9.57 Å². The van der Waals surface area contributed by atoms with E-state index < -0.39 is 13.9 Å². The summed E-state index contributed by atoms with van der Waals surface area (Å²) >= 11 is 0. The van der Waals surface area contributed by atoms with Crippen LogP contribution in [0.3, 0.4) is 0 Å². The second kappa shape index (κ2) is 9.43. The predicted octanol–water partition coefficient (Wildman–Crippen LogP) is 4.34. The van der Waals surface area contributed by atoms with Crippen LogP contribution in [0.1, 0.15) is 27.2 Å². The van der Waals surface area contributed by atoms with Crippen molar-refractivity contribution in [2.75, 3.05) is 19.9 Å². The first-order valence-electron chi connectivity index (χ1n) is 10.9. The maximum Gasteiger partial charge on any atom is 0.296 e. The van der Waals surface area contributed by atoms with E-state index in [-0.39, 0.29) is 12.7 Å². The van der Waals surface area contributed by atoms with Gasteiger partial charge in [-0.1, -0.05) is 25.7 Å². The van der Waals surface area contributed by atoms with Crippen molar-refractivity contribution in [3.8, 4) is 6.07 Å². The lowest BCUT2D eigenvalue weighted by molar-refractivity contribution is -0.195. The summed E-state index contributed by atoms with van der Waals surface area (Å²) in [5.41, 5.74) is 3.15. The Kier molecular flexibility index (Phi) is 6.60. The molecule has 1 amide bonds. The molecule has 1 aromatic carbocycles. The molecule has 33 heavy (non-hydrogen) atoms. The van der Waals surface area contributed by atoms with Crippen molar-refractivity contribution >= 4 is 24.9 Å². The van der Waals surface area contributed by atoms with E-state index in [1.165, 1.54) is 17.2 Å². The number of nitrogens with zero attached hydrogens (tertiary/aromatic N) is 4. The van der Waals surface area contributed by atoms with Crippen LogP contribution in [0.2, 0.25) is 25.7 Å². The summed E-state index contributed by atoms with van der Waals surface area (Å²) in [4.78, 5) is 22.9. The average Bonchev–Trinajstić information content (AvgIpc) is 3.18. The Balaban J connectivity index is 1.48. The Hall–Kier alpha value is -3.06. The molecule has 3 aromatic rings. The number of rotatable bonds is 8. The van der Waals surface area contributed by atoms with Gasteiger partial charge in [0, 0.05) is 32.8 Å². The fourth-order valence-electron chi connectivity index (χ4n) is 3.86. The first-order valence-corrected chi connectivity index (χ1v) is 14.7. The number of hydrogen-bond acceptors (Lipinski definition) is 5. The van der Waals surface area contributed by atoms with Crippen LogP contribution in [0, 0.1) is 17.1 Å². The smallest absolute Gasteiger partial charge is 0.296 e. The average molecular weight is 467 g/mol. The molecule has 0 atom stereocenters. The number of nitriles is 1. The number of amides is 1. The molecule has 0 saturated heterocycles. The van der Waals surface area contributed by atoms with Crippen molar-refractivity contribution in [1.29, 1.82) is 5.26 Å². The summed E-state index contributed by atoms with van der Waals surface area (Å²) in [6.45, 7) is 8.35. The largest absolute Gasteiger partial charge is 0.353 e. The molecule has 0 fully saturated rings. The van der Waals surface area contributed by atoms with E-state index in [0.717, 1.165) is 28.1 Å². The standard InChI is InChI=1S/C24H27FN4O3Si/c1-33(2,3)11-10-31-16-32-29-9-7-21-20-6-8-28(22(20)14-27-23(21)24(29)30)15-17-4-5-19(25)12-18(17)13-26/h4-6,8,12,14H,7,9-11,15-16H2,1-3H3. The molecule has 172 valence electrons. The van der Waals surface area contributed by atoms with Crippen molar-refractivity contribution in [1.82, 2.24) is 14.6 Å². The van der Waals surface area contributed by atoms with Crippen LogP contribution in [0.5, 0.6) is 0 Å².